The van der Waals surface area contributed by atoms with Crippen molar-refractivity contribution in [1.29, 1.82) is 0 Å². The van der Waals surface area contributed by atoms with E-state index in [9.17, 15) is 9.90 Å². The van der Waals surface area contributed by atoms with Gasteiger partial charge in [-0.1, -0.05) is 13.0 Å². The molecule has 1 fully saturated rings. The highest BCUT2D eigenvalue weighted by Gasteiger charge is 2.30. The Labute approximate surface area is 188 Å². The van der Waals surface area contributed by atoms with Crippen LogP contribution < -0.4 is 9.47 Å². The minimum atomic E-state index is -0.420. The van der Waals surface area contributed by atoms with Crippen LogP contribution in [-0.4, -0.2) is 60.2 Å². The number of benzene rings is 1. The number of amides is 1. The number of likely N-dealkylation sites (tertiary alicyclic amines) is 1. The summed E-state index contributed by atoms with van der Waals surface area (Å²) in [6.45, 7) is 5.31. The predicted octanol–water partition coefficient (Wildman–Crippen LogP) is 3.70. The summed E-state index contributed by atoms with van der Waals surface area (Å²) in [5.41, 5.74) is 1.06. The Morgan fingerprint density at radius 1 is 1.32 bits per heavy atom. The van der Waals surface area contributed by atoms with Crippen molar-refractivity contribution >= 4 is 17.2 Å². The van der Waals surface area contributed by atoms with Gasteiger partial charge in [-0.05, 0) is 54.8 Å². The van der Waals surface area contributed by atoms with Crippen molar-refractivity contribution in [2.24, 2.45) is 5.92 Å². The number of rotatable bonds is 6. The lowest BCUT2D eigenvalue weighted by atomic mass is 9.90. The van der Waals surface area contributed by atoms with Crippen LogP contribution in [0.4, 0.5) is 0 Å². The molecule has 1 saturated heterocycles. The standard InChI is InChI=1S/C24H32N2O4S/c1-3-19-15-25(14-18-13-20(29-2)6-7-21(18)30-19)16-23(27)26-10-8-17(9-11-26)24(28)22-5-4-12-31-22/h4-7,12-13,17,19,24,28H,3,8-11,14-16H2,1-2H3/t19-,24-/m1/s1. The van der Waals surface area contributed by atoms with Crippen molar-refractivity contribution in [3.05, 3.63) is 46.2 Å². The largest absolute Gasteiger partial charge is 0.497 e. The maximum absolute atomic E-state index is 13.1. The van der Waals surface area contributed by atoms with E-state index in [0.29, 0.717) is 26.2 Å². The molecule has 1 aromatic heterocycles. The first-order valence-corrected chi connectivity index (χ1v) is 12.0. The Morgan fingerprint density at radius 3 is 2.81 bits per heavy atom. The zero-order valence-electron chi connectivity index (χ0n) is 18.3. The SMILES string of the molecule is CC[C@@H]1CN(CC(=O)N2CCC([C@@H](O)c3cccs3)CC2)Cc2cc(OC)ccc2O1. The molecule has 1 aromatic carbocycles. The van der Waals surface area contributed by atoms with E-state index in [1.807, 2.05) is 40.6 Å². The Kier molecular flexibility index (Phi) is 7.15. The van der Waals surface area contributed by atoms with E-state index in [0.717, 1.165) is 47.7 Å². The van der Waals surface area contributed by atoms with Crippen molar-refractivity contribution < 1.29 is 19.4 Å². The number of thiophene rings is 1. The lowest BCUT2D eigenvalue weighted by Crippen LogP contribution is -2.46. The molecule has 0 spiro atoms. The molecule has 0 radical (unpaired) electrons. The highest BCUT2D eigenvalue weighted by atomic mass is 32.1. The van der Waals surface area contributed by atoms with Crippen LogP contribution in [0.1, 0.15) is 42.7 Å². The molecule has 6 nitrogen and oxygen atoms in total. The van der Waals surface area contributed by atoms with Crippen LogP contribution in [0.25, 0.3) is 0 Å². The fraction of sp³-hybridized carbons (Fsp3) is 0.542. The first-order valence-electron chi connectivity index (χ1n) is 11.1. The second-order valence-corrected chi connectivity index (χ2v) is 9.45. The van der Waals surface area contributed by atoms with E-state index in [1.165, 1.54) is 0 Å². The summed E-state index contributed by atoms with van der Waals surface area (Å²) in [5.74, 6) is 2.06. The second kappa shape index (κ2) is 10.0. The Hall–Kier alpha value is -2.09. The van der Waals surface area contributed by atoms with Crippen LogP contribution in [0.5, 0.6) is 11.5 Å². The summed E-state index contributed by atoms with van der Waals surface area (Å²) in [6, 6.07) is 9.85. The van der Waals surface area contributed by atoms with E-state index < -0.39 is 6.10 Å². The van der Waals surface area contributed by atoms with Gasteiger partial charge in [-0.3, -0.25) is 9.69 Å². The van der Waals surface area contributed by atoms with Crippen LogP contribution >= 0.6 is 11.3 Å². The molecule has 0 aliphatic carbocycles. The van der Waals surface area contributed by atoms with Gasteiger partial charge in [0.15, 0.2) is 0 Å². The lowest BCUT2D eigenvalue weighted by molar-refractivity contribution is -0.134. The van der Waals surface area contributed by atoms with Gasteiger partial charge in [0.1, 0.15) is 17.6 Å². The van der Waals surface area contributed by atoms with E-state index in [1.54, 1.807) is 18.4 Å². The molecule has 0 saturated carbocycles. The van der Waals surface area contributed by atoms with Crippen molar-refractivity contribution in [2.45, 2.75) is 44.9 Å². The van der Waals surface area contributed by atoms with E-state index in [2.05, 4.69) is 11.8 Å². The molecule has 0 bridgehead atoms. The molecule has 3 heterocycles. The molecule has 2 aliphatic rings. The molecule has 0 unspecified atom stereocenters. The molecule has 7 heteroatoms. The topological polar surface area (TPSA) is 62.2 Å². The number of piperidine rings is 1. The van der Waals surface area contributed by atoms with Gasteiger partial charge in [0.05, 0.1) is 19.8 Å². The van der Waals surface area contributed by atoms with Crippen LogP contribution in [-0.2, 0) is 11.3 Å². The van der Waals surface area contributed by atoms with Crippen molar-refractivity contribution in [3.8, 4) is 11.5 Å². The first-order chi connectivity index (χ1) is 15.1. The molecule has 4 rings (SSSR count). The minimum absolute atomic E-state index is 0.0640. The molecule has 1 N–H and O–H groups in total. The normalized spacial score (nSPS) is 21.1. The van der Waals surface area contributed by atoms with E-state index >= 15 is 0 Å². The monoisotopic (exact) mass is 444 g/mol. The minimum Gasteiger partial charge on any atom is -0.497 e. The number of hydrogen-bond donors (Lipinski definition) is 1. The van der Waals surface area contributed by atoms with E-state index in [4.69, 9.17) is 9.47 Å². The van der Waals surface area contributed by atoms with Gasteiger partial charge in [-0.25, -0.2) is 0 Å². The van der Waals surface area contributed by atoms with Gasteiger partial charge >= 0.3 is 0 Å². The maximum atomic E-state index is 13.1. The first kappa shape index (κ1) is 22.1. The fourth-order valence-corrected chi connectivity index (χ4v) is 5.32. The van der Waals surface area contributed by atoms with E-state index in [-0.39, 0.29) is 17.9 Å². The predicted molar refractivity (Wildman–Crippen MR) is 122 cm³/mol. The zero-order valence-corrected chi connectivity index (χ0v) is 19.1. The summed E-state index contributed by atoms with van der Waals surface area (Å²) < 4.78 is 11.6. The molecule has 1 amide bonds. The Morgan fingerprint density at radius 2 is 2.13 bits per heavy atom. The highest BCUT2D eigenvalue weighted by molar-refractivity contribution is 7.10. The quantitative estimate of drug-likeness (QED) is 0.736. The number of aliphatic hydroxyl groups is 1. The van der Waals surface area contributed by atoms with Crippen LogP contribution in [0, 0.1) is 5.92 Å². The summed E-state index contributed by atoms with van der Waals surface area (Å²) in [5, 5.41) is 12.6. The average molecular weight is 445 g/mol. The Bertz CT molecular complexity index is 864. The fourth-order valence-electron chi connectivity index (χ4n) is 4.51. The van der Waals surface area contributed by atoms with Crippen LogP contribution in [0.2, 0.25) is 0 Å². The van der Waals surface area contributed by atoms with Gasteiger partial charge in [-0.15, -0.1) is 11.3 Å². The molecule has 2 atom stereocenters. The zero-order chi connectivity index (χ0) is 21.8. The summed E-state index contributed by atoms with van der Waals surface area (Å²) >= 11 is 1.60. The molecule has 2 aliphatic heterocycles. The Balaban J connectivity index is 1.36. The maximum Gasteiger partial charge on any atom is 0.236 e. The number of nitrogens with zero attached hydrogens (tertiary/aromatic N) is 2. The lowest BCUT2D eigenvalue weighted by Gasteiger charge is -2.35. The third-order valence-corrected chi connectivity index (χ3v) is 7.35. The van der Waals surface area contributed by atoms with Gasteiger partial charge in [0.2, 0.25) is 5.91 Å². The number of hydrogen-bond acceptors (Lipinski definition) is 6. The smallest absolute Gasteiger partial charge is 0.236 e. The summed E-state index contributed by atoms with van der Waals surface area (Å²) in [6.07, 6.45) is 2.21. The number of carbonyl (C=O) groups is 1. The third-order valence-electron chi connectivity index (χ3n) is 6.40. The van der Waals surface area contributed by atoms with Crippen LogP contribution in [0.15, 0.2) is 35.7 Å². The van der Waals surface area contributed by atoms with Gasteiger partial charge in [0, 0.05) is 36.6 Å². The van der Waals surface area contributed by atoms with Gasteiger partial charge < -0.3 is 19.5 Å². The second-order valence-electron chi connectivity index (χ2n) is 8.47. The van der Waals surface area contributed by atoms with Gasteiger partial charge in [0.25, 0.3) is 0 Å². The summed E-state index contributed by atoms with van der Waals surface area (Å²) in [7, 11) is 1.66. The van der Waals surface area contributed by atoms with Crippen LogP contribution in [0.3, 0.4) is 0 Å². The molecule has 31 heavy (non-hydrogen) atoms. The van der Waals surface area contributed by atoms with Crippen molar-refractivity contribution in [1.82, 2.24) is 9.80 Å². The molecule has 2 aromatic rings. The molecular weight excluding hydrogens is 412 g/mol. The molecule has 168 valence electrons. The number of carbonyl (C=O) groups excluding carboxylic acids is 1. The van der Waals surface area contributed by atoms with Crippen molar-refractivity contribution in [2.75, 3.05) is 33.3 Å². The number of fused-ring (bicyclic) bond motifs is 1. The number of methoxy groups -OCH3 is 1. The number of aliphatic hydroxyl groups excluding tert-OH is 1. The molecular formula is C24H32N2O4S. The average Bonchev–Trinajstić information content (AvgIpc) is 3.27. The summed E-state index contributed by atoms with van der Waals surface area (Å²) in [4.78, 5) is 18.2. The van der Waals surface area contributed by atoms with Gasteiger partial charge in [-0.2, -0.15) is 0 Å². The third kappa shape index (κ3) is 5.22. The van der Waals surface area contributed by atoms with Crippen molar-refractivity contribution in [3.63, 3.8) is 0 Å². The number of ether oxygens (including phenoxy) is 2. The highest BCUT2D eigenvalue weighted by Crippen LogP contribution is 2.33.